The summed E-state index contributed by atoms with van der Waals surface area (Å²) in [6, 6.07) is 16.1. The topological polar surface area (TPSA) is 6.48 Å². The Bertz CT molecular complexity index is 745. The summed E-state index contributed by atoms with van der Waals surface area (Å²) < 4.78 is 1.31. The number of likely N-dealkylation sites (N-methyl/N-ethyl adjacent to an activating group) is 1. The lowest BCUT2D eigenvalue weighted by molar-refractivity contribution is 0.127. The minimum Gasteiger partial charge on any atom is -0.304 e. The molecule has 0 bridgehead atoms. The van der Waals surface area contributed by atoms with E-state index in [0.29, 0.717) is 6.04 Å². The molecule has 2 aromatic rings. The van der Waals surface area contributed by atoms with Crippen molar-refractivity contribution in [3.63, 3.8) is 0 Å². The van der Waals surface area contributed by atoms with Crippen molar-refractivity contribution in [3.05, 3.63) is 68.3 Å². The van der Waals surface area contributed by atoms with Gasteiger partial charge < -0.3 is 4.90 Å². The second kappa shape index (κ2) is 6.38. The smallest absolute Gasteiger partial charge is 0.0614 e. The highest BCUT2D eigenvalue weighted by molar-refractivity contribution is 14.1. The number of benzene rings is 2. The van der Waals surface area contributed by atoms with Crippen LogP contribution in [0.4, 0.5) is 0 Å². The first-order chi connectivity index (χ1) is 11.2. The molecule has 0 saturated carbocycles. The monoisotopic (exact) mass is 416 g/mol. The van der Waals surface area contributed by atoms with Crippen molar-refractivity contribution < 1.29 is 0 Å². The number of fused-ring (bicyclic) bond motifs is 2. The van der Waals surface area contributed by atoms with E-state index < -0.39 is 0 Å². The zero-order valence-electron chi connectivity index (χ0n) is 13.4. The Hall–Kier alpha value is -1.17. The number of nitrogens with zero attached hydrogens (tertiary/aromatic N) is 2. The maximum Gasteiger partial charge on any atom is 0.0614 e. The molecule has 23 heavy (non-hydrogen) atoms. The second-order valence-corrected chi connectivity index (χ2v) is 7.72. The van der Waals surface area contributed by atoms with Gasteiger partial charge in [-0.05, 0) is 64.0 Å². The Kier molecular flexibility index (Phi) is 4.26. The quantitative estimate of drug-likeness (QED) is 0.646. The molecule has 0 radical (unpaired) electrons. The summed E-state index contributed by atoms with van der Waals surface area (Å²) in [6.45, 7) is 4.54. The van der Waals surface area contributed by atoms with Gasteiger partial charge in [-0.1, -0.05) is 42.5 Å². The molecule has 2 aromatic carbocycles. The third-order valence-corrected chi connectivity index (χ3v) is 5.65. The number of piperazine rings is 1. The highest BCUT2D eigenvalue weighted by atomic mass is 127. The van der Waals surface area contributed by atoms with Crippen LogP contribution in [0.1, 0.15) is 28.3 Å². The maximum absolute atomic E-state index is 2.65. The Labute approximate surface area is 151 Å². The summed E-state index contributed by atoms with van der Waals surface area (Å²) in [4.78, 5) is 5.08. The molecule has 3 heteroatoms. The molecular weight excluding hydrogens is 395 g/mol. The van der Waals surface area contributed by atoms with E-state index in [0.717, 1.165) is 26.2 Å². The van der Waals surface area contributed by atoms with Crippen LogP contribution >= 0.6 is 22.6 Å². The molecule has 1 saturated heterocycles. The summed E-state index contributed by atoms with van der Waals surface area (Å²) >= 11 is 2.43. The Morgan fingerprint density at radius 2 is 1.57 bits per heavy atom. The molecule has 0 N–H and O–H groups in total. The molecule has 0 amide bonds. The van der Waals surface area contributed by atoms with Crippen LogP contribution in [0.5, 0.6) is 0 Å². The number of rotatable bonds is 1. The van der Waals surface area contributed by atoms with Gasteiger partial charge in [-0.25, -0.2) is 0 Å². The minimum absolute atomic E-state index is 0.361. The van der Waals surface area contributed by atoms with Gasteiger partial charge in [0.05, 0.1) is 6.04 Å². The maximum atomic E-state index is 2.65. The highest BCUT2D eigenvalue weighted by Gasteiger charge is 2.29. The Morgan fingerprint density at radius 1 is 0.870 bits per heavy atom. The van der Waals surface area contributed by atoms with Gasteiger partial charge in [0.2, 0.25) is 0 Å². The normalized spacial score (nSPS) is 21.6. The average Bonchev–Trinajstić information content (AvgIpc) is 2.72. The van der Waals surface area contributed by atoms with Crippen molar-refractivity contribution in [2.24, 2.45) is 0 Å². The van der Waals surface area contributed by atoms with Crippen molar-refractivity contribution in [1.82, 2.24) is 9.80 Å². The van der Waals surface area contributed by atoms with Crippen molar-refractivity contribution in [2.45, 2.75) is 6.04 Å². The van der Waals surface area contributed by atoms with Gasteiger partial charge in [0.1, 0.15) is 0 Å². The minimum atomic E-state index is 0.361. The molecule has 0 spiro atoms. The lowest BCUT2D eigenvalue weighted by Gasteiger charge is -2.39. The predicted molar refractivity (Wildman–Crippen MR) is 105 cm³/mol. The van der Waals surface area contributed by atoms with E-state index in [4.69, 9.17) is 0 Å². The molecule has 1 aliphatic heterocycles. The zero-order chi connectivity index (χ0) is 15.8. The second-order valence-electron chi connectivity index (χ2n) is 6.48. The van der Waals surface area contributed by atoms with Gasteiger partial charge >= 0.3 is 0 Å². The van der Waals surface area contributed by atoms with E-state index in [-0.39, 0.29) is 0 Å². The third-order valence-electron chi connectivity index (χ3n) is 4.98. The van der Waals surface area contributed by atoms with E-state index >= 15 is 0 Å². The van der Waals surface area contributed by atoms with E-state index in [9.17, 15) is 0 Å². The van der Waals surface area contributed by atoms with Crippen LogP contribution in [0.2, 0.25) is 0 Å². The molecule has 1 heterocycles. The Morgan fingerprint density at radius 3 is 2.35 bits per heavy atom. The molecule has 4 rings (SSSR count). The largest absolute Gasteiger partial charge is 0.304 e. The molecular formula is C20H21IN2. The first-order valence-corrected chi connectivity index (χ1v) is 9.29. The molecule has 1 aliphatic carbocycles. The van der Waals surface area contributed by atoms with Crippen molar-refractivity contribution in [3.8, 4) is 0 Å². The van der Waals surface area contributed by atoms with Gasteiger partial charge in [-0.2, -0.15) is 0 Å². The Balaban J connectivity index is 1.85. The van der Waals surface area contributed by atoms with E-state index in [1.165, 1.54) is 25.8 Å². The summed E-state index contributed by atoms with van der Waals surface area (Å²) in [5.41, 5.74) is 5.59. The van der Waals surface area contributed by atoms with Gasteiger partial charge in [0.15, 0.2) is 0 Å². The van der Waals surface area contributed by atoms with Crippen LogP contribution in [0, 0.1) is 3.57 Å². The fourth-order valence-electron chi connectivity index (χ4n) is 3.67. The van der Waals surface area contributed by atoms with Crippen molar-refractivity contribution >= 4 is 34.7 Å². The van der Waals surface area contributed by atoms with Gasteiger partial charge in [0, 0.05) is 29.7 Å². The molecule has 2 aliphatic rings. The molecule has 118 valence electrons. The summed E-state index contributed by atoms with van der Waals surface area (Å²) in [6.07, 6.45) is 4.55. The fraction of sp³-hybridized carbons (Fsp3) is 0.300. The predicted octanol–water partition coefficient (Wildman–Crippen LogP) is 4.11. The SMILES string of the molecule is CN1CCN(C2c3ccccc3C=Cc3ccc(I)cc32)CC1. The average molecular weight is 416 g/mol. The van der Waals surface area contributed by atoms with Crippen LogP contribution in [-0.4, -0.2) is 43.0 Å². The van der Waals surface area contributed by atoms with Crippen LogP contribution in [-0.2, 0) is 0 Å². The summed E-state index contributed by atoms with van der Waals surface area (Å²) in [7, 11) is 2.22. The molecule has 1 fully saturated rings. The first-order valence-electron chi connectivity index (χ1n) is 8.21. The highest BCUT2D eigenvalue weighted by Crippen LogP contribution is 2.37. The molecule has 1 unspecified atom stereocenters. The lowest BCUT2D eigenvalue weighted by atomic mass is 9.92. The summed E-state index contributed by atoms with van der Waals surface area (Å²) in [5, 5.41) is 0. The molecule has 2 nitrogen and oxygen atoms in total. The van der Waals surface area contributed by atoms with Crippen LogP contribution in [0.3, 0.4) is 0 Å². The van der Waals surface area contributed by atoms with Crippen molar-refractivity contribution in [1.29, 1.82) is 0 Å². The fourth-order valence-corrected chi connectivity index (χ4v) is 4.18. The van der Waals surface area contributed by atoms with Crippen LogP contribution in [0.15, 0.2) is 42.5 Å². The van der Waals surface area contributed by atoms with Crippen molar-refractivity contribution in [2.75, 3.05) is 33.2 Å². The van der Waals surface area contributed by atoms with Gasteiger partial charge in [0.25, 0.3) is 0 Å². The number of hydrogen-bond donors (Lipinski definition) is 0. The van der Waals surface area contributed by atoms with Crippen LogP contribution < -0.4 is 0 Å². The van der Waals surface area contributed by atoms with E-state index in [1.54, 1.807) is 0 Å². The zero-order valence-corrected chi connectivity index (χ0v) is 15.5. The van der Waals surface area contributed by atoms with Crippen LogP contribution in [0.25, 0.3) is 12.2 Å². The van der Waals surface area contributed by atoms with E-state index in [1.807, 2.05) is 0 Å². The number of hydrogen-bond acceptors (Lipinski definition) is 2. The first kappa shape index (κ1) is 15.4. The standard InChI is InChI=1S/C20H21IN2/c1-22-10-12-23(13-11-22)20-18-5-3-2-4-15(18)6-7-16-8-9-17(21)14-19(16)20/h2-9,14,20H,10-13H2,1H3. The third kappa shape index (κ3) is 2.97. The molecule has 0 aromatic heterocycles. The summed E-state index contributed by atoms with van der Waals surface area (Å²) in [5.74, 6) is 0. The van der Waals surface area contributed by atoms with Gasteiger partial charge in [-0.3, -0.25) is 4.90 Å². The number of halogens is 1. The lowest BCUT2D eigenvalue weighted by Crippen LogP contribution is -2.46. The van der Waals surface area contributed by atoms with E-state index in [2.05, 4.69) is 94.1 Å². The molecule has 1 atom stereocenters. The van der Waals surface area contributed by atoms with Gasteiger partial charge in [-0.15, -0.1) is 0 Å².